The zero-order valence-electron chi connectivity index (χ0n) is 18.5. The van der Waals surface area contributed by atoms with Crippen molar-refractivity contribution in [3.63, 3.8) is 0 Å². The Hall–Kier alpha value is -4.07. The number of benzene rings is 2. The molecule has 0 spiro atoms. The van der Waals surface area contributed by atoms with E-state index in [2.05, 4.69) is 25.6 Å². The summed E-state index contributed by atoms with van der Waals surface area (Å²) in [6, 6.07) is 17.9. The molecule has 1 N–H and O–H groups in total. The van der Waals surface area contributed by atoms with E-state index in [1.165, 1.54) is 4.90 Å². The maximum atomic E-state index is 12.6. The van der Waals surface area contributed by atoms with Crippen LogP contribution in [0.15, 0.2) is 54.6 Å². The van der Waals surface area contributed by atoms with E-state index in [9.17, 15) is 4.79 Å². The number of carbonyl (C=O) groups excluding carboxylic acids is 1. The molecule has 0 unspecified atom stereocenters. The fourth-order valence-corrected chi connectivity index (χ4v) is 3.55. The molecule has 8 nitrogen and oxygen atoms in total. The fraction of sp³-hybridized carbons (Fsp3) is 0.208. The van der Waals surface area contributed by atoms with Gasteiger partial charge in [0, 0.05) is 31.4 Å². The highest BCUT2D eigenvalue weighted by atomic mass is 16.5. The third-order valence-electron chi connectivity index (χ3n) is 5.10. The second-order valence-corrected chi connectivity index (χ2v) is 7.70. The minimum absolute atomic E-state index is 0.126. The predicted octanol–water partition coefficient (Wildman–Crippen LogP) is 3.83. The van der Waals surface area contributed by atoms with Gasteiger partial charge in [-0.25, -0.2) is 5.10 Å². The molecular formula is C24H24N6O2. The minimum atomic E-state index is -0.126. The van der Waals surface area contributed by atoms with Crippen molar-refractivity contribution in [2.45, 2.75) is 20.5 Å². The number of carbonyl (C=O) groups is 1. The number of pyridine rings is 1. The third-order valence-corrected chi connectivity index (χ3v) is 5.10. The highest BCUT2D eigenvalue weighted by Gasteiger charge is 2.19. The first-order valence-corrected chi connectivity index (χ1v) is 10.2. The average molecular weight is 428 g/mol. The Morgan fingerprint density at radius 1 is 1.03 bits per heavy atom. The summed E-state index contributed by atoms with van der Waals surface area (Å²) >= 11 is 0. The summed E-state index contributed by atoms with van der Waals surface area (Å²) in [7, 11) is 3.44. The summed E-state index contributed by atoms with van der Waals surface area (Å²) in [5.41, 5.74) is 5.94. The number of amides is 1. The van der Waals surface area contributed by atoms with Crippen LogP contribution in [0.3, 0.4) is 0 Å². The molecule has 0 aliphatic carbocycles. The zero-order valence-corrected chi connectivity index (χ0v) is 18.5. The van der Waals surface area contributed by atoms with Gasteiger partial charge < -0.3 is 9.64 Å². The van der Waals surface area contributed by atoms with Crippen molar-refractivity contribution in [2.24, 2.45) is 0 Å². The van der Waals surface area contributed by atoms with E-state index in [0.717, 1.165) is 27.9 Å². The molecule has 4 rings (SSSR count). The zero-order chi connectivity index (χ0) is 22.7. The lowest BCUT2D eigenvalue weighted by atomic mass is 9.98. The Kier molecular flexibility index (Phi) is 5.93. The van der Waals surface area contributed by atoms with Crippen molar-refractivity contribution < 1.29 is 9.53 Å². The summed E-state index contributed by atoms with van der Waals surface area (Å²) in [6.07, 6.45) is 0. The van der Waals surface area contributed by atoms with Crippen molar-refractivity contribution in [3.05, 3.63) is 77.1 Å². The molecule has 0 bridgehead atoms. The van der Waals surface area contributed by atoms with Crippen molar-refractivity contribution in [1.29, 1.82) is 0 Å². The lowest BCUT2D eigenvalue weighted by Gasteiger charge is -2.17. The Morgan fingerprint density at radius 3 is 2.41 bits per heavy atom. The molecule has 2 aromatic heterocycles. The van der Waals surface area contributed by atoms with Crippen LogP contribution in [-0.4, -0.2) is 50.5 Å². The highest BCUT2D eigenvalue weighted by Crippen LogP contribution is 2.30. The van der Waals surface area contributed by atoms with Gasteiger partial charge in [0.1, 0.15) is 17.9 Å². The van der Waals surface area contributed by atoms with Gasteiger partial charge in [-0.05, 0) is 41.0 Å². The second kappa shape index (κ2) is 8.97. The molecule has 0 saturated carbocycles. The number of H-pyrrole nitrogens is 1. The Morgan fingerprint density at radius 2 is 1.75 bits per heavy atom. The van der Waals surface area contributed by atoms with E-state index in [0.29, 0.717) is 29.4 Å². The molecule has 162 valence electrons. The van der Waals surface area contributed by atoms with Gasteiger partial charge in [-0.3, -0.25) is 9.78 Å². The van der Waals surface area contributed by atoms with Crippen LogP contribution in [0.5, 0.6) is 5.75 Å². The van der Waals surface area contributed by atoms with Gasteiger partial charge in [0.05, 0.1) is 5.69 Å². The smallest absolute Gasteiger partial charge is 0.258 e. The molecule has 0 aliphatic rings. The molecule has 4 aromatic rings. The van der Waals surface area contributed by atoms with Crippen molar-refractivity contribution in [3.8, 4) is 28.3 Å². The largest absolute Gasteiger partial charge is 0.488 e. The summed E-state index contributed by atoms with van der Waals surface area (Å²) in [6.45, 7) is 4.05. The number of nitrogens with zero attached hydrogens (tertiary/aromatic N) is 5. The van der Waals surface area contributed by atoms with Gasteiger partial charge in [-0.2, -0.15) is 0 Å². The minimum Gasteiger partial charge on any atom is -0.488 e. The Labute approximate surface area is 186 Å². The number of hydrogen-bond donors (Lipinski definition) is 1. The molecular weight excluding hydrogens is 404 g/mol. The topological polar surface area (TPSA) is 96.9 Å². The molecule has 8 heteroatoms. The number of aromatic nitrogens is 5. The highest BCUT2D eigenvalue weighted by molar-refractivity contribution is 5.97. The summed E-state index contributed by atoms with van der Waals surface area (Å²) in [4.78, 5) is 18.6. The number of aromatic amines is 1. The quantitative estimate of drug-likeness (QED) is 0.501. The van der Waals surface area contributed by atoms with Gasteiger partial charge in [0.15, 0.2) is 5.82 Å². The van der Waals surface area contributed by atoms with E-state index in [4.69, 9.17) is 4.74 Å². The average Bonchev–Trinajstić information content (AvgIpc) is 3.32. The molecule has 0 saturated heterocycles. The van der Waals surface area contributed by atoms with Crippen LogP contribution in [0, 0.1) is 13.8 Å². The normalized spacial score (nSPS) is 10.8. The van der Waals surface area contributed by atoms with E-state index in [1.807, 2.05) is 62.4 Å². The SMILES string of the molecule is Cc1cc(OCc2ccc(-c3ccccc3-c3nnn[nH]3)cc2)c(C(=O)N(C)C)c(C)n1. The van der Waals surface area contributed by atoms with Gasteiger partial charge >= 0.3 is 0 Å². The standard InChI is InChI=1S/C24H24N6O2/c1-15-13-21(22(16(2)25-15)24(31)30(3)4)32-14-17-9-11-18(12-10-17)19-7-5-6-8-20(19)23-26-28-29-27-23/h5-13H,14H2,1-4H3,(H,26,27,28,29). The molecule has 0 atom stereocenters. The van der Waals surface area contributed by atoms with E-state index >= 15 is 0 Å². The second-order valence-electron chi connectivity index (χ2n) is 7.70. The number of hydrogen-bond acceptors (Lipinski definition) is 6. The van der Waals surface area contributed by atoms with Crippen LogP contribution in [0.2, 0.25) is 0 Å². The molecule has 0 radical (unpaired) electrons. The number of rotatable bonds is 6. The first kappa shape index (κ1) is 21.2. The maximum Gasteiger partial charge on any atom is 0.258 e. The van der Waals surface area contributed by atoms with E-state index in [-0.39, 0.29) is 5.91 Å². The van der Waals surface area contributed by atoms with E-state index in [1.54, 1.807) is 20.2 Å². The third kappa shape index (κ3) is 4.34. The van der Waals surface area contributed by atoms with E-state index < -0.39 is 0 Å². The number of aryl methyl sites for hydroxylation is 2. The molecule has 2 heterocycles. The lowest BCUT2D eigenvalue weighted by Crippen LogP contribution is -2.24. The van der Waals surface area contributed by atoms with Gasteiger partial charge in [-0.15, -0.1) is 5.10 Å². The van der Waals surface area contributed by atoms with Gasteiger partial charge in [0.25, 0.3) is 5.91 Å². The van der Waals surface area contributed by atoms with Crippen LogP contribution >= 0.6 is 0 Å². The number of nitrogens with one attached hydrogen (secondary N) is 1. The first-order valence-electron chi connectivity index (χ1n) is 10.2. The van der Waals surface area contributed by atoms with Crippen LogP contribution in [0.4, 0.5) is 0 Å². The van der Waals surface area contributed by atoms with Crippen molar-refractivity contribution in [1.82, 2.24) is 30.5 Å². The van der Waals surface area contributed by atoms with Crippen molar-refractivity contribution in [2.75, 3.05) is 14.1 Å². The Bertz CT molecular complexity index is 1230. The number of ether oxygens (including phenoxy) is 1. The summed E-state index contributed by atoms with van der Waals surface area (Å²) in [5, 5.41) is 14.2. The molecule has 1 amide bonds. The monoisotopic (exact) mass is 428 g/mol. The lowest BCUT2D eigenvalue weighted by molar-refractivity contribution is 0.0821. The molecule has 2 aromatic carbocycles. The van der Waals surface area contributed by atoms with Crippen LogP contribution in [0.25, 0.3) is 22.5 Å². The van der Waals surface area contributed by atoms with Gasteiger partial charge in [0.2, 0.25) is 0 Å². The van der Waals surface area contributed by atoms with Crippen LogP contribution < -0.4 is 4.74 Å². The summed E-state index contributed by atoms with van der Waals surface area (Å²) < 4.78 is 6.07. The predicted molar refractivity (Wildman–Crippen MR) is 121 cm³/mol. The molecule has 32 heavy (non-hydrogen) atoms. The van der Waals surface area contributed by atoms with Crippen LogP contribution in [-0.2, 0) is 6.61 Å². The summed E-state index contributed by atoms with van der Waals surface area (Å²) in [5.74, 6) is 1.04. The number of tetrazole rings is 1. The fourth-order valence-electron chi connectivity index (χ4n) is 3.55. The Balaban J connectivity index is 1.56. The molecule has 0 aliphatic heterocycles. The molecule has 0 fully saturated rings. The maximum absolute atomic E-state index is 12.6. The van der Waals surface area contributed by atoms with Gasteiger partial charge in [-0.1, -0.05) is 48.5 Å². The first-order chi connectivity index (χ1) is 15.4. The van der Waals surface area contributed by atoms with Crippen LogP contribution in [0.1, 0.15) is 27.3 Å². The van der Waals surface area contributed by atoms with Crippen molar-refractivity contribution >= 4 is 5.91 Å².